The molecule has 2 amide bonds. The number of carbonyl (C=O) groups excluding carboxylic acids is 2. The van der Waals surface area contributed by atoms with Crippen LogP contribution in [-0.2, 0) is 29.1 Å². The lowest BCUT2D eigenvalue weighted by Crippen LogP contribution is -2.47. The molecule has 1 aliphatic rings. The molecule has 0 atom stereocenters. The van der Waals surface area contributed by atoms with Gasteiger partial charge < -0.3 is 23.5 Å². The van der Waals surface area contributed by atoms with Crippen molar-refractivity contribution in [3.05, 3.63) is 82.2 Å². The van der Waals surface area contributed by atoms with Gasteiger partial charge in [-0.15, -0.1) is 24.8 Å². The van der Waals surface area contributed by atoms with Gasteiger partial charge in [-0.2, -0.15) is 0 Å². The molecule has 0 saturated heterocycles. The van der Waals surface area contributed by atoms with Crippen molar-refractivity contribution in [2.24, 2.45) is 5.41 Å². The Morgan fingerprint density at radius 3 is 2.47 bits per heavy atom. The lowest BCUT2D eigenvalue weighted by Gasteiger charge is -2.27. The zero-order chi connectivity index (χ0) is 33.7. The van der Waals surface area contributed by atoms with Gasteiger partial charge in [0.2, 0.25) is 11.8 Å². The molecular formula is C37H49Cl2N5O5. The monoisotopic (exact) mass is 713 g/mol. The molecule has 0 N–H and O–H groups in total. The summed E-state index contributed by atoms with van der Waals surface area (Å²) in [5.41, 5.74) is 3.08. The van der Waals surface area contributed by atoms with E-state index in [0.29, 0.717) is 54.3 Å². The van der Waals surface area contributed by atoms with Crippen LogP contribution in [0.25, 0.3) is 11.0 Å². The van der Waals surface area contributed by atoms with E-state index in [-0.39, 0.29) is 42.2 Å². The molecule has 4 heterocycles. The third kappa shape index (κ3) is 8.66. The van der Waals surface area contributed by atoms with E-state index in [1.807, 2.05) is 50.4 Å². The van der Waals surface area contributed by atoms with Crippen molar-refractivity contribution in [1.29, 1.82) is 0 Å². The summed E-state index contributed by atoms with van der Waals surface area (Å²) in [5.74, 6) is 0.906. The van der Waals surface area contributed by atoms with E-state index in [0.717, 1.165) is 50.2 Å². The number of aryl methyl sites for hydroxylation is 2. The number of hydrogen-bond donors (Lipinski definition) is 0. The molecule has 1 aromatic carbocycles. The van der Waals surface area contributed by atoms with E-state index in [9.17, 15) is 14.4 Å². The van der Waals surface area contributed by atoms with E-state index in [2.05, 4.69) is 22.9 Å². The number of hydrogen-bond acceptors (Lipinski definition) is 7. The minimum Gasteiger partial charge on any atom is -0.493 e. The van der Waals surface area contributed by atoms with Gasteiger partial charge in [0.05, 0.1) is 23.4 Å². The smallest absolute Gasteiger partial charge is 0.261 e. The summed E-state index contributed by atoms with van der Waals surface area (Å²) in [6.45, 7) is 12.9. The van der Waals surface area contributed by atoms with Crippen molar-refractivity contribution in [2.45, 2.75) is 73.4 Å². The molecule has 3 aromatic heterocycles. The number of amides is 2. The lowest BCUT2D eigenvalue weighted by atomic mass is 9.90. The Hall–Kier alpha value is -3.86. The maximum Gasteiger partial charge on any atom is 0.261 e. The first-order valence-corrected chi connectivity index (χ1v) is 16.7. The third-order valence-electron chi connectivity index (χ3n) is 9.01. The molecule has 0 bridgehead atoms. The van der Waals surface area contributed by atoms with Gasteiger partial charge in [0, 0.05) is 63.9 Å². The summed E-state index contributed by atoms with van der Waals surface area (Å²) in [5, 5.41) is 0.599. The first-order chi connectivity index (χ1) is 22.5. The number of furan rings is 1. The molecule has 10 nitrogen and oxygen atoms in total. The molecule has 0 aliphatic carbocycles. The summed E-state index contributed by atoms with van der Waals surface area (Å²) in [6.07, 6.45) is 7.54. The highest BCUT2D eigenvalue weighted by molar-refractivity contribution is 6.20. The van der Waals surface area contributed by atoms with Crippen LogP contribution >= 0.6 is 24.8 Å². The van der Waals surface area contributed by atoms with Crippen molar-refractivity contribution in [3.8, 4) is 5.75 Å². The molecule has 266 valence electrons. The van der Waals surface area contributed by atoms with Crippen LogP contribution in [0.1, 0.15) is 64.0 Å². The van der Waals surface area contributed by atoms with E-state index in [4.69, 9.17) is 9.15 Å². The number of benzene rings is 1. The van der Waals surface area contributed by atoms with E-state index in [1.54, 1.807) is 47.5 Å². The molecule has 0 spiro atoms. The Morgan fingerprint density at radius 1 is 0.959 bits per heavy atom. The lowest BCUT2D eigenvalue weighted by molar-refractivity contribution is -0.137. The summed E-state index contributed by atoms with van der Waals surface area (Å²) in [4.78, 5) is 49.9. The van der Waals surface area contributed by atoms with Crippen LogP contribution in [-0.4, -0.2) is 59.6 Å². The van der Waals surface area contributed by atoms with E-state index < -0.39 is 5.41 Å². The van der Waals surface area contributed by atoms with Gasteiger partial charge in [0.15, 0.2) is 0 Å². The van der Waals surface area contributed by atoms with Crippen LogP contribution in [0.5, 0.6) is 5.75 Å². The number of carbonyl (C=O) groups is 2. The van der Waals surface area contributed by atoms with Crippen molar-refractivity contribution in [1.82, 2.24) is 14.5 Å². The second-order valence-corrected chi connectivity index (χ2v) is 12.8. The highest BCUT2D eigenvalue weighted by Crippen LogP contribution is 2.40. The summed E-state index contributed by atoms with van der Waals surface area (Å²) in [6, 6.07) is 13.4. The van der Waals surface area contributed by atoms with Crippen molar-refractivity contribution >= 4 is 59.0 Å². The molecule has 49 heavy (non-hydrogen) atoms. The van der Waals surface area contributed by atoms with Crippen LogP contribution in [0.4, 0.5) is 11.4 Å². The number of nitrogens with zero attached hydrogens (tertiary/aromatic N) is 5. The quantitative estimate of drug-likeness (QED) is 0.105. The number of aromatic nitrogens is 2. The van der Waals surface area contributed by atoms with Crippen LogP contribution < -0.4 is 20.1 Å². The van der Waals surface area contributed by atoms with Crippen molar-refractivity contribution in [2.75, 3.05) is 43.1 Å². The summed E-state index contributed by atoms with van der Waals surface area (Å²) < 4.78 is 13.6. The summed E-state index contributed by atoms with van der Waals surface area (Å²) >= 11 is 0. The number of fused-ring (bicyclic) bond motifs is 2. The standard InChI is InChI=1S/C37H47N5O5.2ClH/c1-7-9-13-30-27(12-10-17-38-30)25-40(20-21-41-19-16-33-29(34(41)43)23-26(3)47-33)18-11-22-46-28-14-15-31-32(24-28)39(6)35(44)37(4,5)36(45)42(31)8-2;;/h10,12,14-17,19,23-24H,7-9,11,13,18,20-22,25H2,1-6H3;2*1H. The topological polar surface area (TPSA) is 101 Å². The molecular weight excluding hydrogens is 665 g/mol. The molecule has 0 saturated carbocycles. The predicted molar refractivity (Wildman–Crippen MR) is 200 cm³/mol. The highest BCUT2D eigenvalue weighted by atomic mass is 35.5. The SMILES string of the molecule is CCCCc1ncccc1CN(CCCOc1ccc2c(c1)N(C)C(=O)C(C)(C)C(=O)N2CC)CCn1ccc2oc(C)cc2c1=O.Cl.Cl. The second-order valence-electron chi connectivity index (χ2n) is 12.8. The predicted octanol–water partition coefficient (Wildman–Crippen LogP) is 6.81. The normalized spacial score (nSPS) is 14.0. The first-order valence-electron chi connectivity index (χ1n) is 16.7. The number of pyridine rings is 2. The number of anilines is 2. The molecule has 1 aliphatic heterocycles. The van der Waals surface area contributed by atoms with E-state index >= 15 is 0 Å². The maximum absolute atomic E-state index is 13.2. The highest BCUT2D eigenvalue weighted by Gasteiger charge is 2.45. The average molecular weight is 715 g/mol. The molecule has 12 heteroatoms. The fraction of sp³-hybridized carbons (Fsp3) is 0.459. The molecule has 4 aromatic rings. The molecule has 0 fully saturated rings. The summed E-state index contributed by atoms with van der Waals surface area (Å²) in [7, 11) is 1.71. The Morgan fingerprint density at radius 2 is 1.73 bits per heavy atom. The average Bonchev–Trinajstić information content (AvgIpc) is 3.44. The second kappa shape index (κ2) is 17.2. The van der Waals surface area contributed by atoms with Crippen molar-refractivity contribution < 1.29 is 18.7 Å². The Bertz CT molecular complexity index is 1800. The minimum atomic E-state index is -1.16. The maximum atomic E-state index is 13.2. The van der Waals surface area contributed by atoms with Gasteiger partial charge in [-0.3, -0.25) is 24.3 Å². The first kappa shape index (κ1) is 39.6. The molecule has 5 rings (SSSR count). The Labute approximate surface area is 301 Å². The third-order valence-corrected chi connectivity index (χ3v) is 9.01. The van der Waals surface area contributed by atoms with E-state index in [1.165, 1.54) is 5.56 Å². The zero-order valence-corrected chi connectivity index (χ0v) is 31.0. The Balaban J connectivity index is 0.00000325. The number of halogens is 2. The van der Waals surface area contributed by atoms with Crippen LogP contribution in [0.3, 0.4) is 0 Å². The number of rotatable bonds is 14. The van der Waals surface area contributed by atoms with Gasteiger partial charge in [0.1, 0.15) is 22.5 Å². The van der Waals surface area contributed by atoms with Crippen LogP contribution in [0, 0.1) is 12.3 Å². The van der Waals surface area contributed by atoms with Crippen LogP contribution in [0.2, 0.25) is 0 Å². The van der Waals surface area contributed by atoms with Crippen molar-refractivity contribution in [3.63, 3.8) is 0 Å². The fourth-order valence-corrected chi connectivity index (χ4v) is 6.27. The zero-order valence-electron chi connectivity index (χ0n) is 29.4. The van der Waals surface area contributed by atoms with Gasteiger partial charge in [-0.25, -0.2) is 0 Å². The van der Waals surface area contributed by atoms with Gasteiger partial charge in [0.25, 0.3) is 5.56 Å². The Kier molecular flexibility index (Phi) is 13.9. The fourth-order valence-electron chi connectivity index (χ4n) is 6.27. The minimum absolute atomic E-state index is 0. The largest absolute Gasteiger partial charge is 0.493 e. The molecule has 0 radical (unpaired) electrons. The molecule has 0 unspecified atom stereocenters. The van der Waals surface area contributed by atoms with Gasteiger partial charge in [-0.05, 0) is 82.9 Å². The number of unbranched alkanes of at least 4 members (excludes halogenated alkanes) is 1. The van der Waals surface area contributed by atoms with Gasteiger partial charge >= 0.3 is 0 Å². The number of ether oxygens (including phenoxy) is 1. The van der Waals surface area contributed by atoms with Crippen LogP contribution in [0.15, 0.2) is 64.1 Å². The van der Waals surface area contributed by atoms with Gasteiger partial charge in [-0.1, -0.05) is 19.4 Å².